The summed E-state index contributed by atoms with van der Waals surface area (Å²) in [5, 5.41) is 2.55. The molecule has 88 valence electrons. The Kier molecular flexibility index (Phi) is 5.36. The van der Waals surface area contributed by atoms with Gasteiger partial charge < -0.3 is 15.8 Å². The molecule has 0 aliphatic heterocycles. The second kappa shape index (κ2) is 6.85. The van der Waals surface area contributed by atoms with Gasteiger partial charge in [-0.3, -0.25) is 4.79 Å². The van der Waals surface area contributed by atoms with Crippen LogP contribution in [0.2, 0.25) is 0 Å². The number of amides is 1. The Labute approximate surface area is 95.8 Å². The van der Waals surface area contributed by atoms with E-state index in [1.807, 2.05) is 24.3 Å². The van der Waals surface area contributed by atoms with Gasteiger partial charge in [-0.05, 0) is 30.7 Å². The third kappa shape index (κ3) is 4.31. The number of benzene rings is 1. The molecule has 3 N–H and O–H groups in total. The van der Waals surface area contributed by atoms with E-state index in [1.165, 1.54) is 0 Å². The summed E-state index contributed by atoms with van der Waals surface area (Å²) in [6.45, 7) is 1.02. The highest BCUT2D eigenvalue weighted by Gasteiger charge is 1.99. The second-order valence-electron chi connectivity index (χ2n) is 3.46. The fraction of sp³-hybridized carbons (Fsp3) is 0.417. The van der Waals surface area contributed by atoms with Crippen LogP contribution in [0.3, 0.4) is 0 Å². The number of nitrogens with one attached hydrogen (secondary N) is 1. The van der Waals surface area contributed by atoms with Crippen LogP contribution < -0.4 is 15.8 Å². The molecule has 0 aromatic heterocycles. The van der Waals surface area contributed by atoms with Crippen LogP contribution in [0.4, 0.5) is 0 Å². The van der Waals surface area contributed by atoms with Crippen molar-refractivity contribution in [2.75, 3.05) is 20.2 Å². The summed E-state index contributed by atoms with van der Waals surface area (Å²) in [5.74, 6) is 0.771. The molecule has 1 aromatic rings. The number of hydrogen-bond donors (Lipinski definition) is 2. The number of hydrogen-bond acceptors (Lipinski definition) is 3. The number of ether oxygens (including phenoxy) is 1. The van der Waals surface area contributed by atoms with E-state index in [0.717, 1.165) is 17.7 Å². The van der Waals surface area contributed by atoms with E-state index in [0.29, 0.717) is 19.6 Å². The first-order valence-electron chi connectivity index (χ1n) is 5.38. The zero-order valence-corrected chi connectivity index (χ0v) is 9.53. The molecule has 4 heteroatoms. The third-order valence-electron chi connectivity index (χ3n) is 2.21. The van der Waals surface area contributed by atoms with Crippen LogP contribution in [-0.4, -0.2) is 26.1 Å². The summed E-state index contributed by atoms with van der Waals surface area (Å²) in [5.41, 5.74) is 6.63. The van der Waals surface area contributed by atoms with Crippen molar-refractivity contribution in [3.63, 3.8) is 0 Å². The SMILES string of the molecule is CNC(=O)CCOc1cccc(CCN)c1. The van der Waals surface area contributed by atoms with Gasteiger partial charge in [0.1, 0.15) is 5.75 Å². The lowest BCUT2D eigenvalue weighted by Crippen LogP contribution is -2.20. The van der Waals surface area contributed by atoms with Gasteiger partial charge in [0.15, 0.2) is 0 Å². The number of nitrogens with two attached hydrogens (primary N) is 1. The highest BCUT2D eigenvalue weighted by Crippen LogP contribution is 2.13. The maximum atomic E-state index is 11.0. The van der Waals surface area contributed by atoms with Gasteiger partial charge in [0.2, 0.25) is 5.91 Å². The van der Waals surface area contributed by atoms with E-state index in [-0.39, 0.29) is 5.91 Å². The van der Waals surface area contributed by atoms with Gasteiger partial charge in [-0.25, -0.2) is 0 Å². The minimum Gasteiger partial charge on any atom is -0.493 e. The van der Waals surface area contributed by atoms with Crippen molar-refractivity contribution in [1.82, 2.24) is 5.32 Å². The van der Waals surface area contributed by atoms with Crippen LogP contribution in [0.15, 0.2) is 24.3 Å². The minimum atomic E-state index is -0.0156. The van der Waals surface area contributed by atoms with E-state index in [1.54, 1.807) is 7.05 Å². The normalized spacial score (nSPS) is 9.88. The molecule has 0 bridgehead atoms. The fourth-order valence-electron chi connectivity index (χ4n) is 1.34. The van der Waals surface area contributed by atoms with Gasteiger partial charge in [-0.1, -0.05) is 12.1 Å². The highest BCUT2D eigenvalue weighted by atomic mass is 16.5. The monoisotopic (exact) mass is 222 g/mol. The summed E-state index contributed by atoms with van der Waals surface area (Å²) >= 11 is 0. The van der Waals surface area contributed by atoms with Crippen LogP contribution in [0.25, 0.3) is 0 Å². The van der Waals surface area contributed by atoms with Gasteiger partial charge in [0.25, 0.3) is 0 Å². The zero-order chi connectivity index (χ0) is 11.8. The molecule has 0 atom stereocenters. The molecular formula is C12H18N2O2. The lowest BCUT2D eigenvalue weighted by molar-refractivity contribution is -0.121. The Bertz CT molecular complexity index is 340. The van der Waals surface area contributed by atoms with E-state index in [9.17, 15) is 4.79 Å². The van der Waals surface area contributed by atoms with E-state index in [2.05, 4.69) is 5.32 Å². The maximum Gasteiger partial charge on any atom is 0.223 e. The van der Waals surface area contributed by atoms with E-state index < -0.39 is 0 Å². The van der Waals surface area contributed by atoms with E-state index >= 15 is 0 Å². The van der Waals surface area contributed by atoms with Gasteiger partial charge in [0, 0.05) is 7.05 Å². The molecule has 1 rings (SSSR count). The van der Waals surface area contributed by atoms with Crippen molar-refractivity contribution >= 4 is 5.91 Å². The summed E-state index contributed by atoms with van der Waals surface area (Å²) in [6.07, 6.45) is 1.21. The molecule has 0 aliphatic rings. The third-order valence-corrected chi connectivity index (χ3v) is 2.21. The van der Waals surface area contributed by atoms with Crippen LogP contribution in [-0.2, 0) is 11.2 Å². The van der Waals surface area contributed by atoms with Gasteiger partial charge >= 0.3 is 0 Å². The Morgan fingerprint density at radius 2 is 2.31 bits per heavy atom. The molecule has 0 radical (unpaired) electrons. The Balaban J connectivity index is 2.41. The van der Waals surface area contributed by atoms with Crippen molar-refractivity contribution in [1.29, 1.82) is 0 Å². The molecule has 4 nitrogen and oxygen atoms in total. The van der Waals surface area contributed by atoms with Crippen molar-refractivity contribution in [2.24, 2.45) is 5.73 Å². The molecule has 0 spiro atoms. The minimum absolute atomic E-state index is 0.0156. The predicted octanol–water partition coefficient (Wildman–Crippen LogP) is 0.703. The fourth-order valence-corrected chi connectivity index (χ4v) is 1.34. The largest absolute Gasteiger partial charge is 0.493 e. The van der Waals surface area contributed by atoms with Gasteiger partial charge in [0.05, 0.1) is 13.0 Å². The lowest BCUT2D eigenvalue weighted by atomic mass is 10.1. The molecule has 0 unspecified atom stereocenters. The molecule has 0 fully saturated rings. The van der Waals surface area contributed by atoms with Crippen molar-refractivity contribution in [2.45, 2.75) is 12.8 Å². The Morgan fingerprint density at radius 3 is 3.00 bits per heavy atom. The standard InChI is InChI=1S/C12H18N2O2/c1-14-12(15)6-8-16-11-4-2-3-10(9-11)5-7-13/h2-4,9H,5-8,13H2,1H3,(H,14,15). The summed E-state index contributed by atoms with van der Waals surface area (Å²) in [6, 6.07) is 7.78. The smallest absolute Gasteiger partial charge is 0.223 e. The molecular weight excluding hydrogens is 204 g/mol. The first-order chi connectivity index (χ1) is 7.76. The maximum absolute atomic E-state index is 11.0. The molecule has 0 heterocycles. The first kappa shape index (κ1) is 12.5. The molecule has 0 aliphatic carbocycles. The average Bonchev–Trinajstić information content (AvgIpc) is 2.30. The predicted molar refractivity (Wildman–Crippen MR) is 63.4 cm³/mol. The van der Waals surface area contributed by atoms with Crippen LogP contribution >= 0.6 is 0 Å². The molecule has 1 aromatic carbocycles. The van der Waals surface area contributed by atoms with Crippen LogP contribution in [0, 0.1) is 0 Å². The highest BCUT2D eigenvalue weighted by molar-refractivity contribution is 5.75. The quantitative estimate of drug-likeness (QED) is 0.744. The number of carbonyl (C=O) groups is 1. The van der Waals surface area contributed by atoms with Crippen molar-refractivity contribution < 1.29 is 9.53 Å². The summed E-state index contributed by atoms with van der Waals surface area (Å²) < 4.78 is 5.46. The van der Waals surface area contributed by atoms with Crippen LogP contribution in [0.1, 0.15) is 12.0 Å². The second-order valence-corrected chi connectivity index (χ2v) is 3.46. The molecule has 0 saturated heterocycles. The van der Waals surface area contributed by atoms with Gasteiger partial charge in [-0.2, -0.15) is 0 Å². The molecule has 1 amide bonds. The number of rotatable bonds is 6. The zero-order valence-electron chi connectivity index (χ0n) is 9.53. The van der Waals surface area contributed by atoms with Crippen LogP contribution in [0.5, 0.6) is 5.75 Å². The first-order valence-corrected chi connectivity index (χ1v) is 5.38. The Hall–Kier alpha value is -1.55. The lowest BCUT2D eigenvalue weighted by Gasteiger charge is -2.07. The average molecular weight is 222 g/mol. The van der Waals surface area contributed by atoms with Crippen molar-refractivity contribution in [3.05, 3.63) is 29.8 Å². The molecule has 16 heavy (non-hydrogen) atoms. The van der Waals surface area contributed by atoms with Gasteiger partial charge in [-0.15, -0.1) is 0 Å². The number of carbonyl (C=O) groups excluding carboxylic acids is 1. The molecule has 0 saturated carbocycles. The van der Waals surface area contributed by atoms with Crippen molar-refractivity contribution in [3.8, 4) is 5.75 Å². The summed E-state index contributed by atoms with van der Waals surface area (Å²) in [4.78, 5) is 11.0. The Morgan fingerprint density at radius 1 is 1.50 bits per heavy atom. The summed E-state index contributed by atoms with van der Waals surface area (Å²) in [7, 11) is 1.62. The topological polar surface area (TPSA) is 64.3 Å². The van der Waals surface area contributed by atoms with E-state index in [4.69, 9.17) is 10.5 Å².